The van der Waals surface area contributed by atoms with Gasteiger partial charge in [-0.2, -0.15) is 5.26 Å². The number of amidine groups is 1. The van der Waals surface area contributed by atoms with Gasteiger partial charge in [0.2, 0.25) is 6.35 Å². The van der Waals surface area contributed by atoms with E-state index < -0.39 is 43.2 Å². The molecule has 21 heavy (non-hydrogen) atoms. The van der Waals surface area contributed by atoms with Crippen LogP contribution in [0.4, 0.5) is 4.39 Å². The Morgan fingerprint density at radius 3 is 2.57 bits per heavy atom. The van der Waals surface area contributed by atoms with E-state index in [0.717, 1.165) is 11.1 Å². The van der Waals surface area contributed by atoms with Gasteiger partial charge in [-0.3, -0.25) is 4.90 Å². The van der Waals surface area contributed by atoms with Gasteiger partial charge in [0, 0.05) is 6.20 Å². The van der Waals surface area contributed by atoms with Crippen LogP contribution in [-0.4, -0.2) is 74.3 Å². The van der Waals surface area contributed by atoms with E-state index >= 15 is 0 Å². The van der Waals surface area contributed by atoms with E-state index in [1.165, 1.54) is 6.08 Å². The van der Waals surface area contributed by atoms with Gasteiger partial charge in [-0.05, 0) is 6.08 Å². The van der Waals surface area contributed by atoms with E-state index in [1.807, 2.05) is 0 Å². The lowest BCUT2D eigenvalue weighted by Crippen LogP contribution is -2.58. The second-order valence-electron chi connectivity index (χ2n) is 4.78. The molecule has 0 aromatic rings. The van der Waals surface area contributed by atoms with Crippen molar-refractivity contribution in [1.29, 1.82) is 5.26 Å². The average Bonchev–Trinajstić information content (AvgIpc) is 2.70. The fourth-order valence-electron chi connectivity index (χ4n) is 2.31. The molecule has 2 rings (SSSR count). The molecule has 0 aromatic heterocycles. The molecule has 116 valence electrons. The molecule has 5 atom stereocenters. The first-order valence-corrected chi connectivity index (χ1v) is 5.99. The molecule has 0 spiro atoms. The number of aliphatic hydroxyl groups excluding tert-OH is 4. The van der Waals surface area contributed by atoms with Crippen LogP contribution in [0, 0.1) is 11.3 Å². The minimum absolute atomic E-state index is 0.0289. The van der Waals surface area contributed by atoms with Crippen molar-refractivity contribution in [3.63, 3.8) is 0 Å². The molecule has 0 radical (unpaired) electrons. The number of aliphatic imine (C=N–C) groups is 1. The van der Waals surface area contributed by atoms with Crippen LogP contribution in [0.25, 0.3) is 0 Å². The number of halogens is 1. The molecule has 0 saturated carbocycles. The van der Waals surface area contributed by atoms with Gasteiger partial charge in [-0.15, -0.1) is 0 Å². The summed E-state index contributed by atoms with van der Waals surface area (Å²) in [6.45, 7) is -2.31. The van der Waals surface area contributed by atoms with Crippen molar-refractivity contribution < 1.29 is 29.6 Å². The normalized spacial score (nSPS) is 42.8. The fraction of sp³-hybridized carbons (Fsp3) is 0.636. The van der Waals surface area contributed by atoms with Crippen LogP contribution >= 0.6 is 0 Å². The second kappa shape index (κ2) is 5.21. The average molecular weight is 302 g/mol. The largest absolute Gasteiger partial charge is 0.393 e. The molecule has 5 unspecified atom stereocenters. The fourth-order valence-corrected chi connectivity index (χ4v) is 2.31. The van der Waals surface area contributed by atoms with E-state index in [9.17, 15) is 30.1 Å². The smallest absolute Gasteiger partial charge is 0.263 e. The Kier molecular flexibility index (Phi) is 3.87. The van der Waals surface area contributed by atoms with Crippen LogP contribution in [0.15, 0.2) is 17.3 Å². The first-order chi connectivity index (χ1) is 9.86. The van der Waals surface area contributed by atoms with Crippen LogP contribution in [0.1, 0.15) is 0 Å². The summed E-state index contributed by atoms with van der Waals surface area (Å²) in [5, 5.41) is 48.5. The highest BCUT2D eigenvalue weighted by Gasteiger charge is 2.66. The molecule has 1 fully saturated rings. The lowest BCUT2D eigenvalue weighted by atomic mass is 9.94. The van der Waals surface area contributed by atoms with Crippen molar-refractivity contribution in [2.75, 3.05) is 13.3 Å². The predicted octanol–water partition coefficient (Wildman–Crippen LogP) is -2.88. The molecule has 6 N–H and O–H groups in total. The maximum absolute atomic E-state index is 13.2. The highest BCUT2D eigenvalue weighted by molar-refractivity contribution is 5.91. The number of nitriles is 1. The second-order valence-corrected chi connectivity index (χ2v) is 4.78. The van der Waals surface area contributed by atoms with Gasteiger partial charge < -0.3 is 30.9 Å². The number of rotatable bonds is 3. The Labute approximate surface area is 119 Å². The van der Waals surface area contributed by atoms with Crippen molar-refractivity contribution in [3.05, 3.63) is 12.3 Å². The lowest BCUT2D eigenvalue weighted by molar-refractivity contribution is -0.208. The molecule has 10 heteroatoms. The van der Waals surface area contributed by atoms with Crippen molar-refractivity contribution in [2.45, 2.75) is 29.9 Å². The first-order valence-electron chi connectivity index (χ1n) is 5.99. The van der Waals surface area contributed by atoms with E-state index in [2.05, 4.69) is 4.99 Å². The van der Waals surface area contributed by atoms with Crippen molar-refractivity contribution in [1.82, 2.24) is 4.90 Å². The predicted molar refractivity (Wildman–Crippen MR) is 65.8 cm³/mol. The van der Waals surface area contributed by atoms with Gasteiger partial charge in [-0.25, -0.2) is 9.38 Å². The topological polar surface area (TPSA) is 156 Å². The number of hydrogen-bond acceptors (Lipinski definition) is 9. The number of alkyl halides is 1. The third-order valence-electron chi connectivity index (χ3n) is 3.55. The van der Waals surface area contributed by atoms with E-state index in [4.69, 9.17) is 10.5 Å². The molecular formula is C11H15FN4O5. The zero-order valence-corrected chi connectivity index (χ0v) is 10.8. The van der Waals surface area contributed by atoms with Crippen molar-refractivity contribution >= 4 is 5.84 Å². The molecule has 1 saturated heterocycles. The first kappa shape index (κ1) is 15.6. The SMILES string of the molecule is N#CC1(N2C=CC(N)=NC2O)OC(CO)(CF)C(O)C1O. The summed E-state index contributed by atoms with van der Waals surface area (Å²) in [6.07, 6.45) is -3.12. The summed E-state index contributed by atoms with van der Waals surface area (Å²) < 4.78 is 18.3. The summed E-state index contributed by atoms with van der Waals surface area (Å²) in [4.78, 5) is 4.35. The van der Waals surface area contributed by atoms with Crippen LogP contribution in [0.2, 0.25) is 0 Å². The Morgan fingerprint density at radius 1 is 1.48 bits per heavy atom. The summed E-state index contributed by atoms with van der Waals surface area (Å²) >= 11 is 0. The zero-order chi connectivity index (χ0) is 15.8. The third-order valence-corrected chi connectivity index (χ3v) is 3.55. The van der Waals surface area contributed by atoms with Crippen molar-refractivity contribution in [3.8, 4) is 6.07 Å². The summed E-state index contributed by atoms with van der Waals surface area (Å²) in [5.74, 6) is -0.0289. The Balaban J connectivity index is 2.44. The molecule has 2 heterocycles. The third kappa shape index (κ3) is 2.06. The van der Waals surface area contributed by atoms with Gasteiger partial charge in [-0.1, -0.05) is 0 Å². The monoisotopic (exact) mass is 302 g/mol. The van der Waals surface area contributed by atoms with E-state index in [0.29, 0.717) is 0 Å². The molecule has 2 aliphatic heterocycles. The molecule has 0 bridgehead atoms. The van der Waals surface area contributed by atoms with E-state index in [-0.39, 0.29) is 5.84 Å². The van der Waals surface area contributed by atoms with Gasteiger partial charge in [0.1, 0.15) is 30.8 Å². The minimum Gasteiger partial charge on any atom is -0.393 e. The number of ether oxygens (including phenoxy) is 1. The van der Waals surface area contributed by atoms with Gasteiger partial charge in [0.05, 0.1) is 6.61 Å². The maximum Gasteiger partial charge on any atom is 0.263 e. The molecule has 0 aromatic carbocycles. The highest BCUT2D eigenvalue weighted by Crippen LogP contribution is 2.42. The van der Waals surface area contributed by atoms with Gasteiger partial charge in [0.25, 0.3) is 5.72 Å². The Morgan fingerprint density at radius 2 is 2.14 bits per heavy atom. The van der Waals surface area contributed by atoms with Gasteiger partial charge in [0.15, 0.2) is 5.60 Å². The van der Waals surface area contributed by atoms with Crippen LogP contribution in [0.5, 0.6) is 0 Å². The number of hydrogen-bond donors (Lipinski definition) is 5. The summed E-state index contributed by atoms with van der Waals surface area (Å²) in [7, 11) is 0. The molecule has 0 aliphatic carbocycles. The maximum atomic E-state index is 13.2. The Hall–Kier alpha value is -1.77. The molecule has 9 nitrogen and oxygen atoms in total. The number of nitrogens with two attached hydrogens (primary N) is 1. The lowest BCUT2D eigenvalue weighted by Gasteiger charge is -2.39. The van der Waals surface area contributed by atoms with E-state index in [1.54, 1.807) is 6.07 Å². The van der Waals surface area contributed by atoms with Crippen LogP contribution in [-0.2, 0) is 4.74 Å². The number of nitrogens with zero attached hydrogens (tertiary/aromatic N) is 3. The summed E-state index contributed by atoms with van der Waals surface area (Å²) in [6, 6.07) is 1.59. The number of aliphatic hydroxyl groups is 4. The minimum atomic E-state index is -2.33. The zero-order valence-electron chi connectivity index (χ0n) is 10.8. The molecular weight excluding hydrogens is 287 g/mol. The quantitative estimate of drug-likeness (QED) is 0.372. The van der Waals surface area contributed by atoms with Crippen LogP contribution in [0.3, 0.4) is 0 Å². The molecule has 2 aliphatic rings. The van der Waals surface area contributed by atoms with Gasteiger partial charge >= 0.3 is 0 Å². The Bertz CT molecular complexity index is 517. The highest BCUT2D eigenvalue weighted by atomic mass is 19.1. The standard InChI is InChI=1S/C11H15FN4O5/c12-3-10(5-17)7(18)8(19)11(4-13,21-10)16-2-1-6(14)15-9(16)20/h1-2,7-9,17-20H,3,5H2,(H2,14,15). The molecule has 0 amide bonds. The van der Waals surface area contributed by atoms with Crippen LogP contribution < -0.4 is 5.73 Å². The van der Waals surface area contributed by atoms with Crippen molar-refractivity contribution in [2.24, 2.45) is 10.7 Å². The summed E-state index contributed by atoms with van der Waals surface area (Å²) in [5.41, 5.74) is 0.883.